The summed E-state index contributed by atoms with van der Waals surface area (Å²) in [4.78, 5) is 28.0. The number of benzene rings is 1. The number of aliphatic hydroxyl groups is 1. The summed E-state index contributed by atoms with van der Waals surface area (Å²) in [5.41, 5.74) is 3.54. The van der Waals surface area contributed by atoms with E-state index in [1.807, 2.05) is 50.4 Å². The van der Waals surface area contributed by atoms with E-state index in [2.05, 4.69) is 0 Å². The van der Waals surface area contributed by atoms with Gasteiger partial charge in [0.15, 0.2) is 0 Å². The fraction of sp³-hybridized carbons (Fsp3) is 0.333. The molecule has 1 aromatic heterocycles. The molecule has 3 rings (SSSR count). The van der Waals surface area contributed by atoms with Crippen LogP contribution in [0.4, 0.5) is 0 Å². The molecule has 5 nitrogen and oxygen atoms in total. The third-order valence-corrected chi connectivity index (χ3v) is 5.95. The maximum absolute atomic E-state index is 12.9. The van der Waals surface area contributed by atoms with Gasteiger partial charge in [-0.15, -0.1) is 11.3 Å². The number of ether oxygens (including phenoxy) is 1. The molecule has 1 aliphatic rings. The summed E-state index contributed by atoms with van der Waals surface area (Å²) in [7, 11) is 1.55. The molecule has 6 heteroatoms. The standard InChI is InChI=1S/C21H23NO4S/c1-12-5-6-13(2)15(11-12)18(23)16-17(20-14(3)7-10-27-20)22(8-9-26-4)21(25)19(16)24/h5-7,10-11,17,23H,8-9H2,1-4H3/b18-16+. The summed E-state index contributed by atoms with van der Waals surface area (Å²) in [5.74, 6) is -1.37. The minimum Gasteiger partial charge on any atom is -0.507 e. The molecule has 1 aromatic carbocycles. The zero-order chi connectivity index (χ0) is 19.7. The van der Waals surface area contributed by atoms with Gasteiger partial charge in [0.05, 0.1) is 18.2 Å². The van der Waals surface area contributed by atoms with Gasteiger partial charge in [0, 0.05) is 24.1 Å². The largest absolute Gasteiger partial charge is 0.507 e. The van der Waals surface area contributed by atoms with Crippen LogP contribution >= 0.6 is 11.3 Å². The number of methoxy groups -OCH3 is 1. The van der Waals surface area contributed by atoms with E-state index in [4.69, 9.17) is 4.74 Å². The Morgan fingerprint density at radius 1 is 1.19 bits per heavy atom. The Labute approximate surface area is 162 Å². The highest BCUT2D eigenvalue weighted by molar-refractivity contribution is 7.10. The number of aryl methyl sites for hydroxylation is 3. The van der Waals surface area contributed by atoms with Crippen LogP contribution in [0.15, 0.2) is 35.2 Å². The fourth-order valence-electron chi connectivity index (χ4n) is 3.37. The molecule has 1 N–H and O–H groups in total. The maximum atomic E-state index is 12.9. The maximum Gasteiger partial charge on any atom is 0.295 e. The van der Waals surface area contributed by atoms with Crippen molar-refractivity contribution in [3.05, 3.63) is 62.3 Å². The second-order valence-electron chi connectivity index (χ2n) is 6.77. The van der Waals surface area contributed by atoms with Crippen molar-refractivity contribution in [1.82, 2.24) is 4.90 Å². The van der Waals surface area contributed by atoms with Crippen LogP contribution in [0.25, 0.3) is 5.76 Å². The smallest absolute Gasteiger partial charge is 0.295 e. The number of rotatable bonds is 5. The van der Waals surface area contributed by atoms with Crippen LogP contribution in [-0.2, 0) is 14.3 Å². The minimum atomic E-state index is -0.651. The van der Waals surface area contributed by atoms with Gasteiger partial charge in [-0.25, -0.2) is 0 Å². The average molecular weight is 385 g/mol. The third kappa shape index (κ3) is 3.42. The monoisotopic (exact) mass is 385 g/mol. The number of ketones is 1. The number of hydrogen-bond donors (Lipinski definition) is 1. The first-order valence-corrected chi connectivity index (χ1v) is 9.63. The predicted molar refractivity (Wildman–Crippen MR) is 106 cm³/mol. The molecule has 1 amide bonds. The Kier molecular flexibility index (Phi) is 5.48. The number of carbonyl (C=O) groups is 2. The number of thiophene rings is 1. The van der Waals surface area contributed by atoms with Crippen molar-refractivity contribution < 1.29 is 19.4 Å². The quantitative estimate of drug-likeness (QED) is 0.484. The molecule has 0 spiro atoms. The molecule has 1 saturated heterocycles. The van der Waals surface area contributed by atoms with Crippen LogP contribution in [-0.4, -0.2) is 42.0 Å². The van der Waals surface area contributed by atoms with Crippen LogP contribution in [0.5, 0.6) is 0 Å². The summed E-state index contributed by atoms with van der Waals surface area (Å²) in [6, 6.07) is 7.04. The van der Waals surface area contributed by atoms with Gasteiger partial charge in [0.1, 0.15) is 5.76 Å². The lowest BCUT2D eigenvalue weighted by molar-refractivity contribution is -0.140. The fourth-order valence-corrected chi connectivity index (χ4v) is 4.42. The summed E-state index contributed by atoms with van der Waals surface area (Å²) >= 11 is 1.48. The van der Waals surface area contributed by atoms with Crippen LogP contribution in [0.1, 0.15) is 33.2 Å². The molecule has 0 bridgehead atoms. The SMILES string of the molecule is COCCN1C(=O)C(=O)/C(=C(/O)c2cc(C)ccc2C)C1c1sccc1C. The summed E-state index contributed by atoms with van der Waals surface area (Å²) in [5, 5.41) is 13.0. The molecule has 1 fully saturated rings. The van der Waals surface area contributed by atoms with Gasteiger partial charge in [-0.05, 0) is 49.4 Å². The molecule has 0 saturated carbocycles. The van der Waals surface area contributed by atoms with Crippen molar-refractivity contribution in [3.63, 3.8) is 0 Å². The van der Waals surface area contributed by atoms with Crippen molar-refractivity contribution in [2.24, 2.45) is 0 Å². The van der Waals surface area contributed by atoms with Gasteiger partial charge < -0.3 is 14.7 Å². The number of aliphatic hydroxyl groups excluding tert-OH is 1. The number of nitrogens with zero attached hydrogens (tertiary/aromatic N) is 1. The van der Waals surface area contributed by atoms with E-state index in [-0.39, 0.29) is 17.9 Å². The highest BCUT2D eigenvalue weighted by atomic mass is 32.1. The highest BCUT2D eigenvalue weighted by Gasteiger charge is 2.46. The molecule has 1 atom stereocenters. The topological polar surface area (TPSA) is 66.8 Å². The van der Waals surface area contributed by atoms with Gasteiger partial charge >= 0.3 is 0 Å². The second kappa shape index (κ2) is 7.66. The normalized spacial score (nSPS) is 19.1. The van der Waals surface area contributed by atoms with Crippen molar-refractivity contribution in [1.29, 1.82) is 0 Å². The molecule has 0 aliphatic carbocycles. The zero-order valence-electron chi connectivity index (χ0n) is 15.9. The van der Waals surface area contributed by atoms with Gasteiger partial charge in [-0.2, -0.15) is 0 Å². The molecule has 1 aliphatic heterocycles. The first-order chi connectivity index (χ1) is 12.9. The number of amides is 1. The van der Waals surface area contributed by atoms with E-state index in [0.29, 0.717) is 12.2 Å². The zero-order valence-corrected chi connectivity index (χ0v) is 16.7. The van der Waals surface area contributed by atoms with E-state index in [9.17, 15) is 14.7 Å². The number of Topliss-reactive ketones (excluding diaryl/α,β-unsaturated/α-hetero) is 1. The summed E-state index contributed by atoms with van der Waals surface area (Å²) in [6.07, 6.45) is 0. The van der Waals surface area contributed by atoms with Gasteiger partial charge in [-0.1, -0.05) is 17.7 Å². The van der Waals surface area contributed by atoms with Crippen molar-refractivity contribution in [3.8, 4) is 0 Å². The average Bonchev–Trinajstić information content (AvgIpc) is 3.16. The Morgan fingerprint density at radius 2 is 1.93 bits per heavy atom. The Bertz CT molecular complexity index is 928. The lowest BCUT2D eigenvalue weighted by Crippen LogP contribution is -2.32. The number of carbonyl (C=O) groups excluding carboxylic acids is 2. The first-order valence-electron chi connectivity index (χ1n) is 8.75. The molecular formula is C21H23NO4S. The Morgan fingerprint density at radius 3 is 2.56 bits per heavy atom. The predicted octanol–water partition coefficient (Wildman–Crippen LogP) is 3.74. The van der Waals surface area contributed by atoms with E-state index in [0.717, 1.165) is 21.6 Å². The minimum absolute atomic E-state index is 0.118. The van der Waals surface area contributed by atoms with Crippen LogP contribution < -0.4 is 0 Å². The number of hydrogen-bond acceptors (Lipinski definition) is 5. The van der Waals surface area contributed by atoms with Gasteiger partial charge in [-0.3, -0.25) is 9.59 Å². The second-order valence-corrected chi connectivity index (χ2v) is 7.72. The van der Waals surface area contributed by atoms with E-state index in [1.54, 1.807) is 7.11 Å². The Hall–Kier alpha value is -2.44. The first kappa shape index (κ1) is 19.3. The molecule has 142 valence electrons. The molecule has 2 heterocycles. The Balaban J connectivity index is 2.21. The van der Waals surface area contributed by atoms with Crippen molar-refractivity contribution >= 4 is 28.8 Å². The van der Waals surface area contributed by atoms with E-state index >= 15 is 0 Å². The molecular weight excluding hydrogens is 362 g/mol. The van der Waals surface area contributed by atoms with Crippen LogP contribution in [0.2, 0.25) is 0 Å². The lowest BCUT2D eigenvalue weighted by Gasteiger charge is -2.24. The number of likely N-dealkylation sites (tertiary alicyclic amines) is 1. The molecule has 27 heavy (non-hydrogen) atoms. The molecule has 0 radical (unpaired) electrons. The van der Waals surface area contributed by atoms with Crippen molar-refractivity contribution in [2.75, 3.05) is 20.3 Å². The summed E-state index contributed by atoms with van der Waals surface area (Å²) in [6.45, 7) is 6.35. The van der Waals surface area contributed by atoms with Crippen molar-refractivity contribution in [2.45, 2.75) is 26.8 Å². The van der Waals surface area contributed by atoms with E-state index < -0.39 is 17.7 Å². The van der Waals surface area contributed by atoms with Crippen LogP contribution in [0, 0.1) is 20.8 Å². The summed E-state index contributed by atoms with van der Waals surface area (Å²) < 4.78 is 5.12. The lowest BCUT2D eigenvalue weighted by atomic mass is 9.95. The third-order valence-electron chi connectivity index (χ3n) is 4.87. The molecule has 2 aromatic rings. The molecule has 1 unspecified atom stereocenters. The van der Waals surface area contributed by atoms with Gasteiger partial charge in [0.2, 0.25) is 0 Å². The van der Waals surface area contributed by atoms with Crippen LogP contribution in [0.3, 0.4) is 0 Å². The van der Waals surface area contributed by atoms with Gasteiger partial charge in [0.25, 0.3) is 11.7 Å². The van der Waals surface area contributed by atoms with E-state index in [1.165, 1.54) is 16.2 Å². The highest BCUT2D eigenvalue weighted by Crippen LogP contribution is 2.42.